The van der Waals surface area contributed by atoms with E-state index in [0.717, 1.165) is 32.1 Å². The van der Waals surface area contributed by atoms with E-state index in [4.69, 9.17) is 0 Å². The molecule has 0 aromatic heterocycles. The lowest BCUT2D eigenvalue weighted by Crippen LogP contribution is -2.47. The first-order valence-corrected chi connectivity index (χ1v) is 7.05. The molecule has 1 saturated carbocycles. The number of hydrogen-bond acceptors (Lipinski definition) is 2. The predicted molar refractivity (Wildman–Crippen MR) is 70.9 cm³/mol. The Labute approximate surface area is 108 Å². The summed E-state index contributed by atoms with van der Waals surface area (Å²) in [5, 5.41) is 3.39. The van der Waals surface area contributed by atoms with Gasteiger partial charge in [-0.3, -0.25) is 4.90 Å². The minimum atomic E-state index is -0.105. The van der Waals surface area contributed by atoms with Crippen molar-refractivity contribution in [3.63, 3.8) is 0 Å². The van der Waals surface area contributed by atoms with Crippen LogP contribution in [0.4, 0.5) is 4.39 Å². The molecule has 1 aliphatic carbocycles. The zero-order valence-electron chi connectivity index (χ0n) is 10.7. The first-order chi connectivity index (χ1) is 8.84. The Morgan fingerprint density at radius 2 is 2.00 bits per heavy atom. The van der Waals surface area contributed by atoms with Crippen molar-refractivity contribution in [3.05, 3.63) is 35.6 Å². The second-order valence-corrected chi connectivity index (χ2v) is 5.48. The molecule has 1 saturated heterocycles. The van der Waals surface area contributed by atoms with E-state index < -0.39 is 0 Å². The minimum Gasteiger partial charge on any atom is -0.314 e. The lowest BCUT2D eigenvalue weighted by Gasteiger charge is -2.43. The van der Waals surface area contributed by atoms with Crippen molar-refractivity contribution in [2.24, 2.45) is 5.92 Å². The molecule has 3 rings (SSSR count). The number of piperazine rings is 1. The van der Waals surface area contributed by atoms with Crippen LogP contribution in [-0.4, -0.2) is 31.1 Å². The van der Waals surface area contributed by atoms with Crippen molar-refractivity contribution in [1.29, 1.82) is 0 Å². The minimum absolute atomic E-state index is 0.105. The SMILES string of the molecule is Fc1cccc([C@@H](C2CCC2)N2CCNCC2)c1. The average Bonchev–Trinajstić information content (AvgIpc) is 2.34. The number of rotatable bonds is 3. The van der Waals surface area contributed by atoms with Crippen LogP contribution in [0, 0.1) is 11.7 Å². The first kappa shape index (κ1) is 12.1. The molecule has 1 aromatic carbocycles. The molecule has 0 spiro atoms. The van der Waals surface area contributed by atoms with E-state index >= 15 is 0 Å². The van der Waals surface area contributed by atoms with Crippen molar-refractivity contribution >= 4 is 0 Å². The summed E-state index contributed by atoms with van der Waals surface area (Å²) in [7, 11) is 0. The van der Waals surface area contributed by atoms with Gasteiger partial charge in [-0.2, -0.15) is 0 Å². The molecule has 0 bridgehead atoms. The maximum atomic E-state index is 13.4. The van der Waals surface area contributed by atoms with Crippen LogP contribution in [0.25, 0.3) is 0 Å². The average molecular weight is 248 g/mol. The Morgan fingerprint density at radius 1 is 1.22 bits per heavy atom. The molecule has 1 aromatic rings. The van der Waals surface area contributed by atoms with Crippen LogP contribution in [0.15, 0.2) is 24.3 Å². The zero-order chi connectivity index (χ0) is 12.4. The van der Waals surface area contributed by atoms with Crippen molar-refractivity contribution in [2.75, 3.05) is 26.2 Å². The molecule has 0 radical (unpaired) electrons. The van der Waals surface area contributed by atoms with Gasteiger partial charge in [0.2, 0.25) is 0 Å². The normalized spacial score (nSPS) is 23.6. The predicted octanol–water partition coefficient (Wildman–Crippen LogP) is 2.57. The van der Waals surface area contributed by atoms with E-state index in [9.17, 15) is 4.39 Å². The lowest BCUT2D eigenvalue weighted by atomic mass is 9.76. The van der Waals surface area contributed by atoms with Gasteiger partial charge in [-0.15, -0.1) is 0 Å². The molecule has 98 valence electrons. The molecule has 0 amide bonds. The highest BCUT2D eigenvalue weighted by molar-refractivity contribution is 5.22. The highest BCUT2D eigenvalue weighted by Gasteiger charge is 2.33. The van der Waals surface area contributed by atoms with Crippen LogP contribution in [0.1, 0.15) is 30.9 Å². The fourth-order valence-electron chi connectivity index (χ4n) is 3.19. The maximum Gasteiger partial charge on any atom is 0.123 e. The summed E-state index contributed by atoms with van der Waals surface area (Å²) in [4.78, 5) is 2.54. The molecule has 1 aliphatic heterocycles. The number of halogens is 1. The van der Waals surface area contributed by atoms with E-state index in [1.165, 1.54) is 24.8 Å². The highest BCUT2D eigenvalue weighted by Crippen LogP contribution is 2.41. The van der Waals surface area contributed by atoms with Gasteiger partial charge >= 0.3 is 0 Å². The standard InChI is InChI=1S/C15H21FN2/c16-14-6-2-5-13(11-14)15(12-3-1-4-12)18-9-7-17-8-10-18/h2,5-6,11-12,15,17H,1,3-4,7-10H2/t15-/m1/s1. The summed E-state index contributed by atoms with van der Waals surface area (Å²) in [5.41, 5.74) is 1.17. The fourth-order valence-corrected chi connectivity index (χ4v) is 3.19. The molecule has 1 heterocycles. The van der Waals surface area contributed by atoms with Crippen LogP contribution >= 0.6 is 0 Å². The molecular weight excluding hydrogens is 227 g/mol. The Bertz CT molecular complexity index is 397. The largest absolute Gasteiger partial charge is 0.314 e. The van der Waals surface area contributed by atoms with E-state index in [1.54, 1.807) is 12.1 Å². The van der Waals surface area contributed by atoms with Gasteiger partial charge in [-0.05, 0) is 36.5 Å². The third-order valence-electron chi connectivity index (χ3n) is 4.33. The van der Waals surface area contributed by atoms with Crippen LogP contribution in [0.2, 0.25) is 0 Å². The third-order valence-corrected chi connectivity index (χ3v) is 4.33. The zero-order valence-corrected chi connectivity index (χ0v) is 10.7. The number of nitrogens with one attached hydrogen (secondary N) is 1. The molecule has 2 fully saturated rings. The third kappa shape index (κ3) is 2.43. The number of hydrogen-bond donors (Lipinski definition) is 1. The summed E-state index contributed by atoms with van der Waals surface area (Å²) >= 11 is 0. The van der Waals surface area contributed by atoms with Crippen LogP contribution in [0.5, 0.6) is 0 Å². The topological polar surface area (TPSA) is 15.3 Å². The Morgan fingerprint density at radius 3 is 2.61 bits per heavy atom. The van der Waals surface area contributed by atoms with Crippen molar-refractivity contribution in [3.8, 4) is 0 Å². The maximum absolute atomic E-state index is 13.4. The Balaban J connectivity index is 1.84. The van der Waals surface area contributed by atoms with Gasteiger partial charge in [0.1, 0.15) is 5.82 Å². The molecule has 0 unspecified atom stereocenters. The highest BCUT2D eigenvalue weighted by atomic mass is 19.1. The summed E-state index contributed by atoms with van der Waals surface area (Å²) in [6.07, 6.45) is 3.93. The van der Waals surface area contributed by atoms with Crippen LogP contribution in [0.3, 0.4) is 0 Å². The van der Waals surface area contributed by atoms with Crippen molar-refractivity contribution in [1.82, 2.24) is 10.2 Å². The summed E-state index contributed by atoms with van der Waals surface area (Å²) in [5.74, 6) is 0.622. The molecule has 2 nitrogen and oxygen atoms in total. The summed E-state index contributed by atoms with van der Waals surface area (Å²) in [6, 6.07) is 7.63. The lowest BCUT2D eigenvalue weighted by molar-refractivity contribution is 0.0835. The van der Waals surface area contributed by atoms with E-state index in [1.807, 2.05) is 6.07 Å². The second-order valence-electron chi connectivity index (χ2n) is 5.48. The fraction of sp³-hybridized carbons (Fsp3) is 0.600. The Hall–Kier alpha value is -0.930. The van der Waals surface area contributed by atoms with Gasteiger partial charge in [-0.25, -0.2) is 4.39 Å². The summed E-state index contributed by atoms with van der Waals surface area (Å²) < 4.78 is 13.4. The van der Waals surface area contributed by atoms with Crippen LogP contribution in [-0.2, 0) is 0 Å². The molecule has 1 atom stereocenters. The van der Waals surface area contributed by atoms with Crippen molar-refractivity contribution in [2.45, 2.75) is 25.3 Å². The molecule has 18 heavy (non-hydrogen) atoms. The van der Waals surface area contributed by atoms with Crippen LogP contribution < -0.4 is 5.32 Å². The molecule has 1 N–H and O–H groups in total. The first-order valence-electron chi connectivity index (χ1n) is 7.05. The Kier molecular flexibility index (Phi) is 3.62. The van der Waals surface area contributed by atoms with Gasteiger partial charge in [0, 0.05) is 32.2 Å². The molecular formula is C15H21FN2. The van der Waals surface area contributed by atoms with Gasteiger partial charge in [0.15, 0.2) is 0 Å². The smallest absolute Gasteiger partial charge is 0.123 e. The van der Waals surface area contributed by atoms with Gasteiger partial charge in [0.25, 0.3) is 0 Å². The van der Waals surface area contributed by atoms with Crippen molar-refractivity contribution < 1.29 is 4.39 Å². The van der Waals surface area contributed by atoms with E-state index in [0.29, 0.717) is 6.04 Å². The molecule has 3 heteroatoms. The van der Waals surface area contributed by atoms with E-state index in [2.05, 4.69) is 16.3 Å². The molecule has 2 aliphatic rings. The van der Waals surface area contributed by atoms with Gasteiger partial charge in [0.05, 0.1) is 0 Å². The van der Waals surface area contributed by atoms with Gasteiger partial charge < -0.3 is 5.32 Å². The number of benzene rings is 1. The summed E-state index contributed by atoms with van der Waals surface area (Å²) in [6.45, 7) is 4.27. The monoisotopic (exact) mass is 248 g/mol. The van der Waals surface area contributed by atoms with E-state index in [-0.39, 0.29) is 5.82 Å². The second kappa shape index (κ2) is 5.37. The number of nitrogens with zero attached hydrogens (tertiary/aromatic N) is 1. The quantitative estimate of drug-likeness (QED) is 0.884. The van der Waals surface area contributed by atoms with Gasteiger partial charge in [-0.1, -0.05) is 18.6 Å².